The Hall–Kier alpha value is -3.86. The molecule has 0 aliphatic rings. The van der Waals surface area contributed by atoms with Crippen LogP contribution in [-0.4, -0.2) is 17.4 Å². The van der Waals surface area contributed by atoms with Crippen LogP contribution in [0.1, 0.15) is 16.7 Å². The van der Waals surface area contributed by atoms with Crippen LogP contribution in [0.3, 0.4) is 0 Å². The molecule has 0 spiro atoms. The molecule has 1 amide bonds. The number of hydrogen-bond acceptors (Lipinski definition) is 5. The number of non-ortho nitro benzene ring substituents is 1. The first kappa shape index (κ1) is 23.8. The number of hydrogen-bond donors (Lipinski definition) is 1. The largest absolute Gasteiger partial charge is 0.481 e. The second-order valence-electron chi connectivity index (χ2n) is 6.99. The number of nitrogens with zero attached hydrogens (tertiary/aromatic N) is 2. The zero-order chi connectivity index (χ0) is 24.0. The second-order valence-corrected chi connectivity index (χ2v) is 7.81. The fourth-order valence-electron chi connectivity index (χ4n) is 2.97. The monoisotopic (exact) mass is 481 g/mol. The standard InChI is InChI=1S/C24H17Cl2N3O4/c1-15-3-2-4-19(9-15)28-23(30)14-33-24-21(25)11-16(12-22(24)26)10-18(13-27)17-5-7-20(8-6-17)29(31)32/h2-12H,14H2,1H3,(H,28,30)/b18-10+. The third kappa shape index (κ3) is 6.32. The Labute approximate surface area is 200 Å². The van der Waals surface area contributed by atoms with Crippen molar-refractivity contribution in [2.45, 2.75) is 6.92 Å². The van der Waals surface area contributed by atoms with Crippen LogP contribution < -0.4 is 10.1 Å². The molecule has 0 fully saturated rings. The molecule has 0 atom stereocenters. The summed E-state index contributed by atoms with van der Waals surface area (Å²) in [5, 5.41) is 23.4. The van der Waals surface area contributed by atoms with Crippen molar-refractivity contribution in [2.75, 3.05) is 11.9 Å². The van der Waals surface area contributed by atoms with Crippen molar-refractivity contribution in [3.05, 3.63) is 97.5 Å². The first-order chi connectivity index (χ1) is 15.8. The molecule has 1 N–H and O–H groups in total. The van der Waals surface area contributed by atoms with E-state index in [4.69, 9.17) is 27.9 Å². The predicted octanol–water partition coefficient (Wildman–Crippen LogP) is 6.29. The van der Waals surface area contributed by atoms with Crippen molar-refractivity contribution < 1.29 is 14.5 Å². The van der Waals surface area contributed by atoms with Gasteiger partial charge in [-0.3, -0.25) is 14.9 Å². The minimum atomic E-state index is -0.515. The van der Waals surface area contributed by atoms with Crippen molar-refractivity contribution in [2.24, 2.45) is 0 Å². The summed E-state index contributed by atoms with van der Waals surface area (Å²) >= 11 is 12.6. The van der Waals surface area contributed by atoms with E-state index in [-0.39, 0.29) is 39.6 Å². The highest BCUT2D eigenvalue weighted by molar-refractivity contribution is 6.37. The molecule has 0 aromatic heterocycles. The molecule has 0 radical (unpaired) electrons. The van der Waals surface area contributed by atoms with Crippen LogP contribution >= 0.6 is 23.2 Å². The number of ether oxygens (including phenoxy) is 1. The number of carbonyl (C=O) groups excluding carboxylic acids is 1. The third-order valence-electron chi connectivity index (χ3n) is 4.49. The van der Waals surface area contributed by atoms with E-state index >= 15 is 0 Å². The zero-order valence-corrected chi connectivity index (χ0v) is 18.9. The van der Waals surface area contributed by atoms with E-state index in [2.05, 4.69) is 11.4 Å². The lowest BCUT2D eigenvalue weighted by Crippen LogP contribution is -2.20. The van der Waals surface area contributed by atoms with Gasteiger partial charge in [0.05, 0.1) is 26.6 Å². The van der Waals surface area contributed by atoms with Gasteiger partial charge in [-0.05, 0) is 66.1 Å². The molecule has 0 unspecified atom stereocenters. The Morgan fingerprint density at radius 1 is 1.15 bits per heavy atom. The highest BCUT2D eigenvalue weighted by Crippen LogP contribution is 2.35. The number of benzene rings is 3. The number of nitriles is 1. The van der Waals surface area contributed by atoms with Crippen LogP contribution in [-0.2, 0) is 4.79 Å². The van der Waals surface area contributed by atoms with E-state index < -0.39 is 4.92 Å². The first-order valence-electron chi connectivity index (χ1n) is 9.62. The smallest absolute Gasteiger partial charge is 0.269 e. The van der Waals surface area contributed by atoms with E-state index in [1.165, 1.54) is 24.3 Å². The summed E-state index contributed by atoms with van der Waals surface area (Å²) in [6.07, 6.45) is 1.55. The number of allylic oxidation sites excluding steroid dienone is 1. The van der Waals surface area contributed by atoms with Crippen LogP contribution in [0.15, 0.2) is 60.7 Å². The van der Waals surface area contributed by atoms with Crippen LogP contribution in [0.5, 0.6) is 5.75 Å². The predicted molar refractivity (Wildman–Crippen MR) is 128 cm³/mol. The molecule has 3 rings (SSSR count). The lowest BCUT2D eigenvalue weighted by atomic mass is 10.0. The fourth-order valence-corrected chi connectivity index (χ4v) is 3.58. The average Bonchev–Trinajstić information content (AvgIpc) is 2.77. The molecule has 0 bridgehead atoms. The van der Waals surface area contributed by atoms with Crippen LogP contribution in [0, 0.1) is 28.4 Å². The molecule has 7 nitrogen and oxygen atoms in total. The van der Waals surface area contributed by atoms with Gasteiger partial charge in [0.15, 0.2) is 12.4 Å². The zero-order valence-electron chi connectivity index (χ0n) is 17.3. The van der Waals surface area contributed by atoms with Crippen molar-refractivity contribution in [1.29, 1.82) is 5.26 Å². The first-order valence-corrected chi connectivity index (χ1v) is 10.4. The van der Waals surface area contributed by atoms with Crippen molar-refractivity contribution in [3.63, 3.8) is 0 Å². The number of aryl methyl sites for hydroxylation is 1. The van der Waals surface area contributed by atoms with Gasteiger partial charge in [-0.1, -0.05) is 35.3 Å². The van der Waals surface area contributed by atoms with Gasteiger partial charge in [-0.15, -0.1) is 0 Å². The molecule has 0 heterocycles. The van der Waals surface area contributed by atoms with Gasteiger partial charge >= 0.3 is 0 Å². The fraction of sp³-hybridized carbons (Fsp3) is 0.0833. The highest BCUT2D eigenvalue weighted by atomic mass is 35.5. The summed E-state index contributed by atoms with van der Waals surface area (Å²) in [5.74, 6) is -0.231. The summed E-state index contributed by atoms with van der Waals surface area (Å²) in [6.45, 7) is 1.62. The summed E-state index contributed by atoms with van der Waals surface area (Å²) in [7, 11) is 0. The molecule has 9 heteroatoms. The van der Waals surface area contributed by atoms with E-state index in [1.54, 1.807) is 24.3 Å². The number of nitro benzene ring substituents is 1. The van der Waals surface area contributed by atoms with Gasteiger partial charge in [0.2, 0.25) is 0 Å². The van der Waals surface area contributed by atoms with E-state index in [0.717, 1.165) is 5.56 Å². The van der Waals surface area contributed by atoms with Crippen LogP contribution in [0.2, 0.25) is 10.0 Å². The Morgan fingerprint density at radius 2 is 1.82 bits per heavy atom. The van der Waals surface area contributed by atoms with Gasteiger partial charge in [-0.2, -0.15) is 5.26 Å². The molecule has 3 aromatic rings. The number of carbonyl (C=O) groups is 1. The number of anilines is 1. The van der Waals surface area contributed by atoms with Crippen LogP contribution in [0.4, 0.5) is 11.4 Å². The maximum absolute atomic E-state index is 12.2. The van der Waals surface area contributed by atoms with Gasteiger partial charge in [0.1, 0.15) is 0 Å². The minimum Gasteiger partial charge on any atom is -0.481 e. The maximum Gasteiger partial charge on any atom is 0.269 e. The van der Waals surface area contributed by atoms with Gasteiger partial charge < -0.3 is 10.1 Å². The van der Waals surface area contributed by atoms with E-state index in [9.17, 15) is 20.2 Å². The van der Waals surface area contributed by atoms with E-state index in [0.29, 0.717) is 16.8 Å². The summed E-state index contributed by atoms with van der Waals surface area (Å²) in [5.41, 5.74) is 2.88. The summed E-state index contributed by atoms with van der Waals surface area (Å²) < 4.78 is 5.51. The number of nitrogens with one attached hydrogen (secondary N) is 1. The SMILES string of the molecule is Cc1cccc(NC(=O)COc2c(Cl)cc(/C=C(\C#N)c3ccc([N+](=O)[O-])cc3)cc2Cl)c1. The van der Waals surface area contributed by atoms with Gasteiger partial charge in [0.25, 0.3) is 11.6 Å². The molecule has 0 aliphatic heterocycles. The number of halogens is 2. The average molecular weight is 482 g/mol. The molecular weight excluding hydrogens is 465 g/mol. The Kier molecular flexibility index (Phi) is 7.67. The Bertz CT molecular complexity index is 1260. The number of amides is 1. The van der Waals surface area contributed by atoms with E-state index in [1.807, 2.05) is 25.1 Å². The number of rotatable bonds is 7. The maximum atomic E-state index is 12.2. The summed E-state index contributed by atoms with van der Waals surface area (Å²) in [4.78, 5) is 22.5. The molecular formula is C24H17Cl2N3O4. The van der Waals surface area contributed by atoms with Gasteiger partial charge in [-0.25, -0.2) is 0 Å². The highest BCUT2D eigenvalue weighted by Gasteiger charge is 2.13. The minimum absolute atomic E-state index is 0.0740. The lowest BCUT2D eigenvalue weighted by Gasteiger charge is -2.11. The van der Waals surface area contributed by atoms with Crippen molar-refractivity contribution >= 4 is 52.1 Å². The molecule has 33 heavy (non-hydrogen) atoms. The topological polar surface area (TPSA) is 105 Å². The molecule has 0 aliphatic carbocycles. The quantitative estimate of drug-likeness (QED) is 0.184. The number of nitro groups is 1. The second kappa shape index (κ2) is 10.6. The van der Waals surface area contributed by atoms with Crippen LogP contribution in [0.25, 0.3) is 11.6 Å². The van der Waals surface area contributed by atoms with Crippen molar-refractivity contribution in [1.82, 2.24) is 0 Å². The Balaban J connectivity index is 1.74. The molecule has 0 saturated heterocycles. The molecule has 3 aromatic carbocycles. The van der Waals surface area contributed by atoms with Gasteiger partial charge in [0, 0.05) is 17.8 Å². The van der Waals surface area contributed by atoms with Crippen molar-refractivity contribution in [3.8, 4) is 11.8 Å². The molecule has 0 saturated carbocycles. The Morgan fingerprint density at radius 3 is 2.39 bits per heavy atom. The third-order valence-corrected chi connectivity index (χ3v) is 5.05. The lowest BCUT2D eigenvalue weighted by molar-refractivity contribution is -0.384. The normalized spacial score (nSPS) is 10.9. The molecule has 166 valence electrons. The summed E-state index contributed by atoms with van der Waals surface area (Å²) in [6, 6.07) is 18.1.